The van der Waals surface area contributed by atoms with Gasteiger partial charge >= 0.3 is 0 Å². The van der Waals surface area contributed by atoms with E-state index in [1.54, 1.807) is 6.20 Å². The van der Waals surface area contributed by atoms with Crippen LogP contribution in [0.1, 0.15) is 51.5 Å². The highest BCUT2D eigenvalue weighted by Gasteiger charge is 2.31. The molecular weight excluding hydrogens is 236 g/mol. The summed E-state index contributed by atoms with van der Waals surface area (Å²) >= 11 is 0. The number of aromatic nitrogens is 1. The largest absolute Gasteiger partial charge is 0.492 e. The van der Waals surface area contributed by atoms with Crippen LogP contribution in [0.2, 0.25) is 0 Å². The molecule has 3 atom stereocenters. The van der Waals surface area contributed by atoms with Gasteiger partial charge in [-0.1, -0.05) is 13.8 Å². The van der Waals surface area contributed by atoms with Crippen molar-refractivity contribution in [2.24, 2.45) is 17.6 Å². The first-order chi connectivity index (χ1) is 9.11. The lowest BCUT2D eigenvalue weighted by Crippen LogP contribution is -2.36. The zero-order valence-corrected chi connectivity index (χ0v) is 12.3. The normalized spacial score (nSPS) is 27.5. The Bertz CT molecular complexity index is 405. The van der Waals surface area contributed by atoms with Crippen LogP contribution in [0.25, 0.3) is 0 Å². The Morgan fingerprint density at radius 1 is 1.37 bits per heavy atom. The summed E-state index contributed by atoms with van der Waals surface area (Å²) in [5.74, 6) is 2.80. The Hall–Kier alpha value is -1.09. The van der Waals surface area contributed by atoms with E-state index in [9.17, 15) is 0 Å². The minimum absolute atomic E-state index is 0.258. The summed E-state index contributed by atoms with van der Waals surface area (Å²) in [7, 11) is 0. The number of ether oxygens (including phenoxy) is 1. The van der Waals surface area contributed by atoms with E-state index in [-0.39, 0.29) is 6.04 Å². The molecule has 0 amide bonds. The third-order valence-electron chi connectivity index (χ3n) is 4.36. The molecule has 3 unspecified atom stereocenters. The number of nitrogens with zero attached hydrogens (tertiary/aromatic N) is 1. The van der Waals surface area contributed by atoms with Crippen molar-refractivity contribution in [1.82, 2.24) is 4.98 Å². The molecule has 106 valence electrons. The summed E-state index contributed by atoms with van der Waals surface area (Å²) in [6.45, 7) is 7.30. The molecule has 1 aromatic rings. The van der Waals surface area contributed by atoms with Crippen LogP contribution in [-0.4, -0.2) is 17.6 Å². The lowest BCUT2D eigenvalue weighted by atomic mass is 9.72. The summed E-state index contributed by atoms with van der Waals surface area (Å²) in [5, 5.41) is 0. The second kappa shape index (κ2) is 6.38. The lowest BCUT2D eigenvalue weighted by molar-refractivity contribution is 0.232. The smallest absolute Gasteiger partial charge is 0.137 e. The molecule has 0 saturated heterocycles. The SMILES string of the molecule is CCOc1cncc(C2CC(C(C)C)CCC2N)c1. The molecule has 0 bridgehead atoms. The minimum atomic E-state index is 0.258. The highest BCUT2D eigenvalue weighted by Crippen LogP contribution is 2.39. The quantitative estimate of drug-likeness (QED) is 0.905. The zero-order chi connectivity index (χ0) is 13.8. The van der Waals surface area contributed by atoms with Crippen LogP contribution in [0.15, 0.2) is 18.5 Å². The number of rotatable bonds is 4. The van der Waals surface area contributed by atoms with Gasteiger partial charge in [0, 0.05) is 18.2 Å². The average molecular weight is 262 g/mol. The van der Waals surface area contributed by atoms with E-state index in [2.05, 4.69) is 24.9 Å². The Kier molecular flexibility index (Phi) is 4.81. The van der Waals surface area contributed by atoms with Crippen LogP contribution in [0, 0.1) is 11.8 Å². The van der Waals surface area contributed by atoms with E-state index >= 15 is 0 Å². The molecule has 1 aliphatic carbocycles. The fourth-order valence-corrected chi connectivity index (χ4v) is 3.10. The van der Waals surface area contributed by atoms with Gasteiger partial charge in [-0.15, -0.1) is 0 Å². The maximum atomic E-state index is 6.33. The van der Waals surface area contributed by atoms with Gasteiger partial charge in [0.05, 0.1) is 12.8 Å². The van der Waals surface area contributed by atoms with E-state index in [0.29, 0.717) is 12.5 Å². The summed E-state index contributed by atoms with van der Waals surface area (Å²) < 4.78 is 5.54. The van der Waals surface area contributed by atoms with Crippen molar-refractivity contribution in [2.45, 2.75) is 52.0 Å². The molecular formula is C16H26N2O. The maximum Gasteiger partial charge on any atom is 0.137 e. The first-order valence-corrected chi connectivity index (χ1v) is 7.45. The summed E-state index contributed by atoms with van der Waals surface area (Å²) in [5.41, 5.74) is 7.57. The molecule has 0 spiro atoms. The molecule has 19 heavy (non-hydrogen) atoms. The van der Waals surface area contributed by atoms with Gasteiger partial charge < -0.3 is 10.5 Å². The molecule has 1 fully saturated rings. The molecule has 1 heterocycles. The van der Waals surface area contributed by atoms with E-state index in [1.165, 1.54) is 18.4 Å². The molecule has 1 saturated carbocycles. The summed E-state index contributed by atoms with van der Waals surface area (Å²) in [4.78, 5) is 4.30. The number of pyridine rings is 1. The van der Waals surface area contributed by atoms with E-state index in [0.717, 1.165) is 24.0 Å². The molecule has 0 aliphatic heterocycles. The number of nitrogens with two attached hydrogens (primary N) is 1. The van der Waals surface area contributed by atoms with Crippen LogP contribution in [0.5, 0.6) is 5.75 Å². The second-order valence-electron chi connectivity index (χ2n) is 5.97. The molecule has 2 rings (SSSR count). The topological polar surface area (TPSA) is 48.1 Å². The van der Waals surface area contributed by atoms with Crippen molar-refractivity contribution < 1.29 is 4.74 Å². The van der Waals surface area contributed by atoms with Gasteiger partial charge in [0.15, 0.2) is 0 Å². The monoisotopic (exact) mass is 262 g/mol. The Morgan fingerprint density at radius 2 is 2.16 bits per heavy atom. The fraction of sp³-hybridized carbons (Fsp3) is 0.688. The third-order valence-corrected chi connectivity index (χ3v) is 4.36. The van der Waals surface area contributed by atoms with Crippen molar-refractivity contribution in [3.63, 3.8) is 0 Å². The number of hydrogen-bond donors (Lipinski definition) is 1. The molecule has 3 nitrogen and oxygen atoms in total. The summed E-state index contributed by atoms with van der Waals surface area (Å²) in [6, 6.07) is 2.37. The zero-order valence-electron chi connectivity index (χ0n) is 12.3. The van der Waals surface area contributed by atoms with Gasteiger partial charge in [-0.05, 0) is 49.7 Å². The maximum absolute atomic E-state index is 6.33. The van der Waals surface area contributed by atoms with Gasteiger partial charge in [0.25, 0.3) is 0 Å². The van der Waals surface area contributed by atoms with Crippen molar-refractivity contribution in [3.05, 3.63) is 24.0 Å². The van der Waals surface area contributed by atoms with Crippen molar-refractivity contribution >= 4 is 0 Å². The van der Waals surface area contributed by atoms with Gasteiger partial charge in [-0.3, -0.25) is 4.98 Å². The van der Waals surface area contributed by atoms with Gasteiger partial charge in [-0.25, -0.2) is 0 Å². The average Bonchev–Trinajstić information content (AvgIpc) is 2.39. The molecule has 1 aromatic heterocycles. The van der Waals surface area contributed by atoms with Crippen LogP contribution < -0.4 is 10.5 Å². The van der Waals surface area contributed by atoms with Gasteiger partial charge in [-0.2, -0.15) is 0 Å². The van der Waals surface area contributed by atoms with Gasteiger partial charge in [0.1, 0.15) is 5.75 Å². The molecule has 0 aromatic carbocycles. The van der Waals surface area contributed by atoms with Crippen molar-refractivity contribution in [3.8, 4) is 5.75 Å². The van der Waals surface area contributed by atoms with Crippen LogP contribution in [0.3, 0.4) is 0 Å². The first-order valence-electron chi connectivity index (χ1n) is 7.45. The summed E-state index contributed by atoms with van der Waals surface area (Å²) in [6.07, 6.45) is 7.29. The van der Waals surface area contributed by atoms with Crippen molar-refractivity contribution in [1.29, 1.82) is 0 Å². The predicted molar refractivity (Wildman–Crippen MR) is 78.3 cm³/mol. The Labute approximate surface area is 116 Å². The van der Waals surface area contributed by atoms with Crippen molar-refractivity contribution in [2.75, 3.05) is 6.61 Å². The highest BCUT2D eigenvalue weighted by molar-refractivity contribution is 5.28. The highest BCUT2D eigenvalue weighted by atomic mass is 16.5. The molecule has 0 radical (unpaired) electrons. The number of hydrogen-bond acceptors (Lipinski definition) is 3. The van der Waals surface area contributed by atoms with Crippen LogP contribution >= 0.6 is 0 Å². The molecule has 2 N–H and O–H groups in total. The van der Waals surface area contributed by atoms with Crippen LogP contribution in [-0.2, 0) is 0 Å². The standard InChI is InChI=1S/C16H26N2O/c1-4-19-14-7-13(9-18-10-14)15-8-12(11(2)3)5-6-16(15)17/h7,9-12,15-16H,4-6,8,17H2,1-3H3. The lowest BCUT2D eigenvalue weighted by Gasteiger charge is -2.36. The van der Waals surface area contributed by atoms with Crippen LogP contribution in [0.4, 0.5) is 0 Å². The van der Waals surface area contributed by atoms with E-state index < -0.39 is 0 Å². The Morgan fingerprint density at radius 3 is 2.84 bits per heavy atom. The molecule has 3 heteroatoms. The Balaban J connectivity index is 2.16. The fourth-order valence-electron chi connectivity index (χ4n) is 3.10. The molecule has 1 aliphatic rings. The van der Waals surface area contributed by atoms with Gasteiger partial charge in [0.2, 0.25) is 0 Å². The minimum Gasteiger partial charge on any atom is -0.492 e. The van der Waals surface area contributed by atoms with E-state index in [1.807, 2.05) is 13.1 Å². The second-order valence-corrected chi connectivity index (χ2v) is 5.97. The third kappa shape index (κ3) is 3.47. The predicted octanol–water partition coefficient (Wildman–Crippen LogP) is 3.35. The van der Waals surface area contributed by atoms with E-state index in [4.69, 9.17) is 10.5 Å². The first kappa shape index (κ1) is 14.3.